The quantitative estimate of drug-likeness (QED) is 0.129. The van der Waals surface area contributed by atoms with E-state index in [4.69, 9.17) is 4.98 Å². The van der Waals surface area contributed by atoms with E-state index in [2.05, 4.69) is 208 Å². The molecule has 0 spiro atoms. The van der Waals surface area contributed by atoms with Crippen molar-refractivity contribution >= 4 is 76.5 Å². The molecule has 8 aromatic carbocycles. The van der Waals surface area contributed by atoms with Crippen LogP contribution in [0.2, 0.25) is 0 Å². The van der Waals surface area contributed by atoms with Gasteiger partial charge in [0.1, 0.15) is 0 Å². The standard InChI is InChI=1S/C52H35IN5/c1-52(2)41-31-34(25-28-49(41)58-50-22-12-7-17-42(50)54-51(58)53-52)57-47-26-23-32(55-43-18-8-3-13-35(43)36-14-4-9-19-44(36)55)29-39(47)40-30-33(24-27-48(40)57)56-45-20-10-5-15-37(45)38-16-6-11-21-46(38)56/h3-31H,1-2H3/q-1. The van der Waals surface area contributed by atoms with Gasteiger partial charge in [-0.05, 0) is 0 Å². The third-order valence-electron chi connectivity index (χ3n) is 12.4. The van der Waals surface area contributed by atoms with Gasteiger partial charge in [-0.2, -0.15) is 0 Å². The van der Waals surface area contributed by atoms with Gasteiger partial charge in [0.2, 0.25) is 0 Å². The minimum absolute atomic E-state index is 0.00771. The van der Waals surface area contributed by atoms with Gasteiger partial charge in [-0.15, -0.1) is 0 Å². The molecular weight excluding hydrogens is 822 g/mol. The van der Waals surface area contributed by atoms with Crippen LogP contribution >= 0.6 is 0 Å². The van der Waals surface area contributed by atoms with E-state index in [1.165, 1.54) is 91.7 Å². The molecule has 0 saturated carbocycles. The van der Waals surface area contributed by atoms with Crippen LogP contribution in [0.1, 0.15) is 19.4 Å². The van der Waals surface area contributed by atoms with Crippen molar-refractivity contribution in [1.82, 2.24) is 23.3 Å². The molecule has 13 rings (SSSR count). The molecule has 0 bridgehead atoms. The Bertz CT molecular complexity index is 3430. The van der Waals surface area contributed by atoms with Crippen LogP contribution in [-0.2, 0) is 3.42 Å². The number of halogens is 1. The number of rotatable bonds is 3. The van der Waals surface area contributed by atoms with Crippen LogP contribution in [0, 0.1) is 3.83 Å². The summed E-state index contributed by atoms with van der Waals surface area (Å²) < 4.78 is 11.0. The third kappa shape index (κ3) is 4.38. The Labute approximate surface area is 344 Å². The Morgan fingerprint density at radius 3 is 1.28 bits per heavy atom. The zero-order chi connectivity index (χ0) is 38.3. The summed E-state index contributed by atoms with van der Waals surface area (Å²) in [5, 5.41) is 7.52. The SMILES string of the molecule is CC1(C)[I-]c2nc3ccccc3n2-c2ccc(-n3c4ccc(-n5c6ccccc6c6ccccc65)cc4c4cc(-n5c6ccccc6c6ccccc65)ccc43)cc21. The summed E-state index contributed by atoms with van der Waals surface area (Å²) in [5.74, 6) is 0. The van der Waals surface area contributed by atoms with E-state index >= 15 is 0 Å². The second kappa shape index (κ2) is 11.7. The van der Waals surface area contributed by atoms with E-state index in [1.807, 2.05) is 0 Å². The first-order valence-corrected chi connectivity index (χ1v) is 22.0. The van der Waals surface area contributed by atoms with E-state index in [-0.39, 0.29) is 3.42 Å². The summed E-state index contributed by atoms with van der Waals surface area (Å²) in [6, 6.07) is 64.9. The number of para-hydroxylation sites is 6. The number of benzene rings is 8. The van der Waals surface area contributed by atoms with Crippen molar-refractivity contribution in [3.05, 3.63) is 185 Å². The molecule has 0 amide bonds. The van der Waals surface area contributed by atoms with Crippen LogP contribution in [0.3, 0.4) is 0 Å². The summed E-state index contributed by atoms with van der Waals surface area (Å²) in [7, 11) is 0. The first kappa shape index (κ1) is 32.4. The Morgan fingerprint density at radius 2 is 0.776 bits per heavy atom. The summed E-state index contributed by atoms with van der Waals surface area (Å²) in [6.07, 6.45) is 0. The summed E-state index contributed by atoms with van der Waals surface area (Å²) in [4.78, 5) is 5.14. The van der Waals surface area contributed by atoms with Crippen LogP contribution in [0.4, 0.5) is 0 Å². The fourth-order valence-corrected chi connectivity index (χ4v) is 12.9. The van der Waals surface area contributed by atoms with Gasteiger partial charge in [0.25, 0.3) is 0 Å². The van der Waals surface area contributed by atoms with Crippen molar-refractivity contribution in [1.29, 1.82) is 0 Å². The van der Waals surface area contributed by atoms with Crippen LogP contribution in [0.5, 0.6) is 0 Å². The van der Waals surface area contributed by atoms with Crippen molar-refractivity contribution in [2.45, 2.75) is 17.3 Å². The molecule has 0 saturated heterocycles. The molecule has 0 atom stereocenters. The van der Waals surface area contributed by atoms with Gasteiger partial charge in [0.15, 0.2) is 0 Å². The zero-order valence-electron chi connectivity index (χ0n) is 31.9. The first-order valence-electron chi connectivity index (χ1n) is 19.9. The van der Waals surface area contributed by atoms with Crippen LogP contribution < -0.4 is 21.2 Å². The van der Waals surface area contributed by atoms with E-state index in [0.29, 0.717) is 0 Å². The van der Waals surface area contributed by atoms with Crippen molar-refractivity contribution in [3.8, 4) is 22.7 Å². The van der Waals surface area contributed by atoms with Crippen molar-refractivity contribution in [2.24, 2.45) is 0 Å². The molecule has 0 N–H and O–H groups in total. The zero-order valence-corrected chi connectivity index (χ0v) is 34.0. The van der Waals surface area contributed by atoms with Gasteiger partial charge in [-0.25, -0.2) is 0 Å². The average molecular weight is 857 g/mol. The van der Waals surface area contributed by atoms with Gasteiger partial charge in [-0.1, -0.05) is 72.8 Å². The monoisotopic (exact) mass is 856 g/mol. The third-order valence-corrected chi connectivity index (χ3v) is 15.5. The molecule has 5 heterocycles. The molecule has 4 aromatic heterocycles. The Kier molecular flexibility index (Phi) is 6.55. The normalized spacial score (nSPS) is 13.9. The summed E-state index contributed by atoms with van der Waals surface area (Å²) >= 11 is -0.405. The maximum absolute atomic E-state index is 5.14. The Balaban J connectivity index is 1.10. The number of aromatic nitrogens is 5. The second-order valence-electron chi connectivity index (χ2n) is 16.0. The Morgan fingerprint density at radius 1 is 0.379 bits per heavy atom. The number of hydrogen-bond acceptors (Lipinski definition) is 1. The fraction of sp³-hybridized carbons (Fsp3) is 0.0577. The van der Waals surface area contributed by atoms with Gasteiger partial charge in [0, 0.05) is 0 Å². The topological polar surface area (TPSA) is 32.6 Å². The van der Waals surface area contributed by atoms with E-state index < -0.39 is 21.2 Å². The molecular formula is C52H35IN5-. The molecule has 0 aliphatic carbocycles. The van der Waals surface area contributed by atoms with Crippen molar-refractivity contribution in [3.63, 3.8) is 0 Å². The molecule has 5 nitrogen and oxygen atoms in total. The number of alkyl halides is 1. The Hall–Kier alpha value is -6.64. The van der Waals surface area contributed by atoms with Gasteiger partial charge in [0.05, 0.1) is 0 Å². The maximum atomic E-state index is 5.14. The average Bonchev–Trinajstić information content (AvgIpc) is 3.99. The number of imidazole rings is 1. The first-order chi connectivity index (χ1) is 28.5. The number of fused-ring (bicyclic) bond motifs is 14. The van der Waals surface area contributed by atoms with E-state index in [0.717, 1.165) is 16.9 Å². The van der Waals surface area contributed by atoms with E-state index in [9.17, 15) is 0 Å². The van der Waals surface area contributed by atoms with Crippen LogP contribution in [0.15, 0.2) is 176 Å². The predicted octanol–water partition coefficient (Wildman–Crippen LogP) is 9.82. The molecule has 58 heavy (non-hydrogen) atoms. The number of nitrogens with zero attached hydrogens (tertiary/aromatic N) is 5. The van der Waals surface area contributed by atoms with Gasteiger partial charge < -0.3 is 0 Å². The summed E-state index contributed by atoms with van der Waals surface area (Å²) in [5.41, 5.74) is 15.6. The molecule has 1 aliphatic rings. The van der Waals surface area contributed by atoms with Crippen LogP contribution in [0.25, 0.3) is 99.2 Å². The molecule has 276 valence electrons. The van der Waals surface area contributed by atoms with Gasteiger partial charge in [-0.3, -0.25) is 0 Å². The molecule has 0 radical (unpaired) electrons. The van der Waals surface area contributed by atoms with Crippen molar-refractivity contribution in [2.75, 3.05) is 0 Å². The second-order valence-corrected chi connectivity index (χ2v) is 20.2. The van der Waals surface area contributed by atoms with Crippen LogP contribution in [-0.4, -0.2) is 23.3 Å². The fourth-order valence-electron chi connectivity index (χ4n) is 9.84. The minimum atomic E-state index is -0.405. The van der Waals surface area contributed by atoms with Gasteiger partial charge >= 0.3 is 273 Å². The summed E-state index contributed by atoms with van der Waals surface area (Å²) in [6.45, 7) is 4.82. The molecule has 1 aliphatic heterocycles. The van der Waals surface area contributed by atoms with Crippen molar-refractivity contribution < 1.29 is 21.2 Å². The predicted molar refractivity (Wildman–Crippen MR) is 236 cm³/mol. The molecule has 0 unspecified atom stereocenters. The molecule has 0 fully saturated rings. The number of hydrogen-bond donors (Lipinski definition) is 0. The molecule has 12 aromatic rings. The molecule has 6 heteroatoms. The van der Waals surface area contributed by atoms with E-state index in [1.54, 1.807) is 0 Å².